The van der Waals surface area contributed by atoms with Crippen LogP contribution in [0.2, 0.25) is 0 Å². The molecule has 0 radical (unpaired) electrons. The molecule has 0 aliphatic carbocycles. The van der Waals surface area contributed by atoms with Crippen LogP contribution in [0, 0.1) is 0 Å². The van der Waals surface area contributed by atoms with Gasteiger partial charge in [0.25, 0.3) is 5.91 Å². The highest BCUT2D eigenvalue weighted by Gasteiger charge is 2.13. The van der Waals surface area contributed by atoms with Crippen LogP contribution in [0.4, 0.5) is 0 Å². The Morgan fingerprint density at radius 1 is 1.00 bits per heavy atom. The van der Waals surface area contributed by atoms with Gasteiger partial charge in [-0.1, -0.05) is 12.1 Å². The van der Waals surface area contributed by atoms with Crippen molar-refractivity contribution < 1.29 is 9.59 Å². The highest BCUT2D eigenvalue weighted by molar-refractivity contribution is 5.94. The summed E-state index contributed by atoms with van der Waals surface area (Å²) in [5.74, 6) is -0.129. The fraction of sp³-hybridized carbons (Fsp3) is 0.556. The van der Waals surface area contributed by atoms with Gasteiger partial charge >= 0.3 is 0 Å². The third-order valence-electron chi connectivity index (χ3n) is 3.74. The Labute approximate surface area is 139 Å². The quantitative estimate of drug-likeness (QED) is 0.772. The highest BCUT2D eigenvalue weighted by atomic mass is 16.2. The third-order valence-corrected chi connectivity index (χ3v) is 3.74. The molecule has 0 bridgehead atoms. The molecule has 0 atom stereocenters. The zero-order valence-electron chi connectivity index (χ0n) is 14.8. The van der Waals surface area contributed by atoms with E-state index < -0.39 is 0 Å². The van der Waals surface area contributed by atoms with Gasteiger partial charge in [-0.25, -0.2) is 0 Å². The van der Waals surface area contributed by atoms with E-state index in [1.54, 1.807) is 12.1 Å². The SMILES string of the molecule is CC(=O)NCc1ccc(C(=O)NCCN(C(C)C)C(C)C)cc1. The van der Waals surface area contributed by atoms with Gasteiger partial charge in [0.2, 0.25) is 5.91 Å². The van der Waals surface area contributed by atoms with Crippen molar-refractivity contribution in [1.29, 1.82) is 0 Å². The molecular weight excluding hydrogens is 290 g/mol. The molecule has 2 N–H and O–H groups in total. The monoisotopic (exact) mass is 319 g/mol. The number of hydrogen-bond donors (Lipinski definition) is 2. The van der Waals surface area contributed by atoms with Gasteiger partial charge in [-0.3, -0.25) is 14.5 Å². The predicted molar refractivity (Wildman–Crippen MR) is 93.3 cm³/mol. The van der Waals surface area contributed by atoms with E-state index in [0.29, 0.717) is 30.7 Å². The van der Waals surface area contributed by atoms with Crippen LogP contribution in [0.5, 0.6) is 0 Å². The first-order valence-electron chi connectivity index (χ1n) is 8.18. The van der Waals surface area contributed by atoms with E-state index in [4.69, 9.17) is 0 Å². The molecule has 1 aromatic carbocycles. The molecule has 0 saturated heterocycles. The third kappa shape index (κ3) is 6.82. The van der Waals surface area contributed by atoms with Crippen LogP contribution in [-0.4, -0.2) is 41.9 Å². The van der Waals surface area contributed by atoms with Crippen LogP contribution in [0.1, 0.15) is 50.5 Å². The van der Waals surface area contributed by atoms with Crippen LogP contribution in [0.3, 0.4) is 0 Å². The summed E-state index contributed by atoms with van der Waals surface area (Å²) in [6, 6.07) is 8.21. The maximum absolute atomic E-state index is 12.1. The first-order chi connectivity index (χ1) is 10.8. The lowest BCUT2D eigenvalue weighted by molar-refractivity contribution is -0.119. The normalized spacial score (nSPS) is 11.1. The summed E-state index contributed by atoms with van der Waals surface area (Å²) >= 11 is 0. The number of benzene rings is 1. The molecule has 0 spiro atoms. The molecule has 5 nitrogen and oxygen atoms in total. The Balaban J connectivity index is 2.47. The minimum absolute atomic E-state index is 0.0633. The van der Waals surface area contributed by atoms with Gasteiger partial charge in [0.15, 0.2) is 0 Å². The first kappa shape index (κ1) is 19.2. The van der Waals surface area contributed by atoms with E-state index in [0.717, 1.165) is 12.1 Å². The number of hydrogen-bond acceptors (Lipinski definition) is 3. The lowest BCUT2D eigenvalue weighted by Gasteiger charge is -2.30. The van der Waals surface area contributed by atoms with E-state index in [1.165, 1.54) is 6.92 Å². The molecule has 1 rings (SSSR count). The maximum atomic E-state index is 12.1. The Morgan fingerprint density at radius 3 is 2.04 bits per heavy atom. The van der Waals surface area contributed by atoms with Crippen LogP contribution in [-0.2, 0) is 11.3 Å². The van der Waals surface area contributed by atoms with Crippen molar-refractivity contribution in [3.8, 4) is 0 Å². The second-order valence-electron chi connectivity index (χ2n) is 6.29. The lowest BCUT2D eigenvalue weighted by Crippen LogP contribution is -2.42. The largest absolute Gasteiger partial charge is 0.352 e. The average Bonchev–Trinajstić information content (AvgIpc) is 2.49. The number of amides is 2. The van der Waals surface area contributed by atoms with Crippen molar-refractivity contribution in [3.63, 3.8) is 0 Å². The molecule has 0 aromatic heterocycles. The lowest BCUT2D eigenvalue weighted by atomic mass is 10.1. The Hall–Kier alpha value is -1.88. The maximum Gasteiger partial charge on any atom is 0.251 e. The van der Waals surface area contributed by atoms with Crippen LogP contribution in [0.25, 0.3) is 0 Å². The van der Waals surface area contributed by atoms with E-state index in [9.17, 15) is 9.59 Å². The van der Waals surface area contributed by atoms with Crippen molar-refractivity contribution in [3.05, 3.63) is 35.4 Å². The van der Waals surface area contributed by atoms with Gasteiger partial charge in [-0.15, -0.1) is 0 Å². The van der Waals surface area contributed by atoms with Crippen LogP contribution >= 0.6 is 0 Å². The van der Waals surface area contributed by atoms with Gasteiger partial charge in [-0.05, 0) is 45.4 Å². The molecule has 0 aliphatic rings. The number of carbonyl (C=O) groups excluding carboxylic acids is 2. The predicted octanol–water partition coefficient (Wildman–Crippen LogP) is 2.17. The fourth-order valence-electron chi connectivity index (χ4n) is 2.51. The number of nitrogens with one attached hydrogen (secondary N) is 2. The Bertz CT molecular complexity index is 502. The second kappa shape index (κ2) is 9.30. The average molecular weight is 319 g/mol. The molecule has 0 aliphatic heterocycles. The summed E-state index contributed by atoms with van der Waals surface area (Å²) < 4.78 is 0. The van der Waals surface area contributed by atoms with Gasteiger partial charge in [0.1, 0.15) is 0 Å². The number of rotatable bonds is 8. The standard InChI is InChI=1S/C18H29N3O2/c1-13(2)21(14(3)4)11-10-19-18(23)17-8-6-16(7-9-17)12-20-15(5)22/h6-9,13-14H,10-12H2,1-5H3,(H,19,23)(H,20,22). The van der Waals surface area contributed by atoms with Crippen LogP contribution in [0.15, 0.2) is 24.3 Å². The molecule has 23 heavy (non-hydrogen) atoms. The zero-order chi connectivity index (χ0) is 17.4. The fourth-order valence-corrected chi connectivity index (χ4v) is 2.51. The molecule has 5 heteroatoms. The van der Waals surface area contributed by atoms with Crippen molar-refractivity contribution in [2.24, 2.45) is 0 Å². The van der Waals surface area contributed by atoms with Gasteiger partial charge in [0.05, 0.1) is 0 Å². The van der Waals surface area contributed by atoms with Crippen molar-refractivity contribution >= 4 is 11.8 Å². The van der Waals surface area contributed by atoms with E-state index in [-0.39, 0.29) is 11.8 Å². The molecule has 0 saturated carbocycles. The second-order valence-corrected chi connectivity index (χ2v) is 6.29. The summed E-state index contributed by atoms with van der Waals surface area (Å²) in [6.07, 6.45) is 0. The Morgan fingerprint density at radius 2 is 1.57 bits per heavy atom. The van der Waals surface area contributed by atoms with Gasteiger partial charge in [-0.2, -0.15) is 0 Å². The molecular formula is C18H29N3O2. The van der Waals surface area contributed by atoms with Crippen molar-refractivity contribution in [1.82, 2.24) is 15.5 Å². The summed E-state index contributed by atoms with van der Waals surface area (Å²) in [4.78, 5) is 25.4. The molecule has 2 amide bonds. The molecule has 0 unspecified atom stereocenters. The van der Waals surface area contributed by atoms with E-state index in [2.05, 4.69) is 43.2 Å². The first-order valence-corrected chi connectivity index (χ1v) is 8.18. The zero-order valence-corrected chi connectivity index (χ0v) is 14.8. The summed E-state index contributed by atoms with van der Waals surface area (Å²) in [5.41, 5.74) is 1.61. The summed E-state index contributed by atoms with van der Waals surface area (Å²) in [5, 5.41) is 5.69. The summed E-state index contributed by atoms with van der Waals surface area (Å²) in [6.45, 7) is 12.1. The van der Waals surface area contributed by atoms with E-state index >= 15 is 0 Å². The molecule has 1 aromatic rings. The van der Waals surface area contributed by atoms with Gasteiger partial charge < -0.3 is 10.6 Å². The van der Waals surface area contributed by atoms with Crippen molar-refractivity contribution in [2.45, 2.75) is 53.2 Å². The topological polar surface area (TPSA) is 61.4 Å². The minimum atomic E-state index is -0.0662. The highest BCUT2D eigenvalue weighted by Crippen LogP contribution is 2.06. The van der Waals surface area contributed by atoms with Gasteiger partial charge in [0, 0.05) is 44.2 Å². The molecule has 0 heterocycles. The van der Waals surface area contributed by atoms with Crippen molar-refractivity contribution in [2.75, 3.05) is 13.1 Å². The van der Waals surface area contributed by atoms with Crippen LogP contribution < -0.4 is 10.6 Å². The summed E-state index contributed by atoms with van der Waals surface area (Å²) in [7, 11) is 0. The minimum Gasteiger partial charge on any atom is -0.352 e. The molecule has 128 valence electrons. The number of carbonyl (C=O) groups is 2. The Kier molecular flexibility index (Phi) is 7.75. The number of nitrogens with zero attached hydrogens (tertiary/aromatic N) is 1. The van der Waals surface area contributed by atoms with E-state index in [1.807, 2.05) is 12.1 Å². The smallest absolute Gasteiger partial charge is 0.251 e. The molecule has 0 fully saturated rings.